The van der Waals surface area contributed by atoms with E-state index in [1.807, 2.05) is 0 Å². The van der Waals surface area contributed by atoms with Crippen LogP contribution in [0.1, 0.15) is 11.1 Å². The minimum atomic E-state index is -1.15. The third-order valence-electron chi connectivity index (χ3n) is 1.81. The Morgan fingerprint density at radius 3 is 2.47 bits per heavy atom. The number of hydrogen-bond acceptors (Lipinski definition) is 4. The summed E-state index contributed by atoms with van der Waals surface area (Å²) in [7, 11) is 0. The van der Waals surface area contributed by atoms with Gasteiger partial charge in [0.2, 0.25) is 0 Å². The normalized spacial score (nSPS) is 14.9. The fourth-order valence-corrected chi connectivity index (χ4v) is 1.53. The summed E-state index contributed by atoms with van der Waals surface area (Å²) in [6, 6.07) is 0. The van der Waals surface area contributed by atoms with Crippen molar-refractivity contribution in [3.8, 4) is 0 Å². The maximum Gasteiger partial charge on any atom is 0.267 e. The second kappa shape index (κ2) is 5.46. The Kier molecular flexibility index (Phi) is 4.53. The molecule has 0 bridgehead atoms. The molecular formula is C8H10Cl2N2O3. The molecule has 2 unspecified atom stereocenters. The quantitative estimate of drug-likeness (QED) is 0.657. The first kappa shape index (κ1) is 12.4. The number of halogens is 2. The topological polar surface area (TPSA) is 86.2 Å². The summed E-state index contributed by atoms with van der Waals surface area (Å²) in [6.07, 6.45) is 1.44. The van der Waals surface area contributed by atoms with Crippen LogP contribution in [0.2, 0.25) is 0 Å². The minimum Gasteiger partial charge on any atom is -0.377 e. The average molecular weight is 253 g/mol. The van der Waals surface area contributed by atoms with E-state index in [-0.39, 0.29) is 18.4 Å². The van der Waals surface area contributed by atoms with Gasteiger partial charge in [0.25, 0.3) is 5.56 Å². The highest BCUT2D eigenvalue weighted by Crippen LogP contribution is 2.10. The number of aliphatic hydroxyl groups is 2. The van der Waals surface area contributed by atoms with Crippen LogP contribution in [0, 0.1) is 0 Å². The number of nitrogens with one attached hydrogen (secondary N) is 1. The van der Waals surface area contributed by atoms with Crippen LogP contribution in [0.5, 0.6) is 0 Å². The van der Waals surface area contributed by atoms with Crippen molar-refractivity contribution < 1.29 is 10.2 Å². The van der Waals surface area contributed by atoms with Crippen LogP contribution in [0.4, 0.5) is 0 Å². The van der Waals surface area contributed by atoms with E-state index in [4.69, 9.17) is 33.4 Å². The highest BCUT2D eigenvalue weighted by molar-refractivity contribution is 6.19. The molecule has 0 fully saturated rings. The summed E-state index contributed by atoms with van der Waals surface area (Å²) < 4.78 is 0. The molecule has 7 heteroatoms. The second-order valence-corrected chi connectivity index (χ2v) is 3.99. The molecule has 0 saturated carbocycles. The zero-order chi connectivity index (χ0) is 11.4. The molecule has 1 heterocycles. The molecule has 0 aromatic carbocycles. The summed E-state index contributed by atoms with van der Waals surface area (Å²) in [5.74, 6) is 0. The Hall–Kier alpha value is -0.620. The van der Waals surface area contributed by atoms with Crippen molar-refractivity contribution >= 4 is 23.2 Å². The number of hydrogen-bond donors (Lipinski definition) is 3. The lowest BCUT2D eigenvalue weighted by Crippen LogP contribution is -2.21. The van der Waals surface area contributed by atoms with Crippen LogP contribution >= 0.6 is 23.2 Å². The molecule has 84 valence electrons. The van der Waals surface area contributed by atoms with Gasteiger partial charge in [0.1, 0.15) is 11.1 Å². The standard InChI is InChI=1S/C8H10Cl2N2O3/c9-6(13)1-4-3-11-12-8(15)5(4)2-7(10)14/h3,6-7,13-14H,1-2H2,(H,12,15). The molecule has 1 aromatic rings. The number of H-pyrrole nitrogens is 1. The van der Waals surface area contributed by atoms with Gasteiger partial charge in [-0.05, 0) is 5.56 Å². The van der Waals surface area contributed by atoms with Crippen molar-refractivity contribution in [2.75, 3.05) is 0 Å². The van der Waals surface area contributed by atoms with E-state index in [1.165, 1.54) is 6.20 Å². The number of rotatable bonds is 4. The van der Waals surface area contributed by atoms with Gasteiger partial charge in [-0.1, -0.05) is 23.2 Å². The van der Waals surface area contributed by atoms with E-state index in [1.54, 1.807) is 0 Å². The predicted octanol–water partition coefficient (Wildman–Crippen LogP) is -0.0307. The molecule has 5 nitrogen and oxygen atoms in total. The smallest absolute Gasteiger partial charge is 0.267 e. The van der Waals surface area contributed by atoms with Crippen molar-refractivity contribution in [1.29, 1.82) is 0 Å². The summed E-state index contributed by atoms with van der Waals surface area (Å²) in [6.45, 7) is 0. The average Bonchev–Trinajstić information content (AvgIpc) is 2.09. The lowest BCUT2D eigenvalue weighted by atomic mass is 10.1. The van der Waals surface area contributed by atoms with E-state index in [2.05, 4.69) is 10.2 Å². The van der Waals surface area contributed by atoms with Crippen LogP contribution in [0.25, 0.3) is 0 Å². The summed E-state index contributed by atoms with van der Waals surface area (Å²) in [5, 5.41) is 23.8. The van der Waals surface area contributed by atoms with Crippen LogP contribution in [-0.4, -0.2) is 31.5 Å². The van der Waals surface area contributed by atoms with E-state index >= 15 is 0 Å². The molecule has 2 atom stereocenters. The Morgan fingerprint density at radius 2 is 1.93 bits per heavy atom. The van der Waals surface area contributed by atoms with Crippen molar-refractivity contribution in [3.05, 3.63) is 27.7 Å². The third-order valence-corrected chi connectivity index (χ3v) is 2.12. The molecule has 15 heavy (non-hydrogen) atoms. The molecule has 0 saturated heterocycles. The first-order valence-electron chi connectivity index (χ1n) is 4.20. The molecule has 0 amide bonds. The first-order valence-corrected chi connectivity index (χ1v) is 5.07. The Bertz CT molecular complexity index is 378. The number of alkyl halides is 2. The largest absolute Gasteiger partial charge is 0.377 e. The minimum absolute atomic E-state index is 0.0155. The lowest BCUT2D eigenvalue weighted by Gasteiger charge is -2.08. The highest BCUT2D eigenvalue weighted by atomic mass is 35.5. The number of nitrogens with zero attached hydrogens (tertiary/aromatic N) is 1. The van der Waals surface area contributed by atoms with Crippen molar-refractivity contribution in [2.45, 2.75) is 24.0 Å². The summed E-state index contributed by atoms with van der Waals surface area (Å²) >= 11 is 10.8. The fourth-order valence-electron chi connectivity index (χ4n) is 1.21. The zero-order valence-corrected chi connectivity index (χ0v) is 9.16. The Balaban J connectivity index is 3.03. The molecule has 0 radical (unpaired) electrons. The van der Waals surface area contributed by atoms with Crippen LogP contribution in [0.15, 0.2) is 11.0 Å². The van der Waals surface area contributed by atoms with Gasteiger partial charge in [-0.3, -0.25) is 4.79 Å². The third kappa shape index (κ3) is 3.79. The van der Waals surface area contributed by atoms with E-state index < -0.39 is 16.7 Å². The van der Waals surface area contributed by atoms with Crippen molar-refractivity contribution in [3.63, 3.8) is 0 Å². The maximum absolute atomic E-state index is 11.3. The van der Waals surface area contributed by atoms with Crippen LogP contribution in [0.3, 0.4) is 0 Å². The summed E-state index contributed by atoms with van der Waals surface area (Å²) in [4.78, 5) is 11.3. The van der Waals surface area contributed by atoms with Crippen molar-refractivity contribution in [1.82, 2.24) is 10.2 Å². The maximum atomic E-state index is 11.3. The SMILES string of the molecule is O=c1[nH]ncc(CC(O)Cl)c1CC(O)Cl. The Labute approximate surface area is 95.7 Å². The fraction of sp³-hybridized carbons (Fsp3) is 0.500. The molecule has 3 N–H and O–H groups in total. The zero-order valence-electron chi connectivity index (χ0n) is 7.65. The summed E-state index contributed by atoms with van der Waals surface area (Å²) in [5.41, 5.74) is -1.93. The van der Waals surface area contributed by atoms with Gasteiger partial charge < -0.3 is 10.2 Å². The lowest BCUT2D eigenvalue weighted by molar-refractivity contribution is 0.249. The van der Waals surface area contributed by atoms with Gasteiger partial charge in [-0.15, -0.1) is 0 Å². The van der Waals surface area contributed by atoms with E-state index in [9.17, 15) is 4.79 Å². The van der Waals surface area contributed by atoms with E-state index in [0.717, 1.165) is 0 Å². The predicted molar refractivity (Wildman–Crippen MR) is 56.0 cm³/mol. The van der Waals surface area contributed by atoms with Gasteiger partial charge >= 0.3 is 0 Å². The molecule has 0 aliphatic carbocycles. The molecule has 0 aliphatic rings. The van der Waals surface area contributed by atoms with Gasteiger partial charge in [0.05, 0.1) is 6.20 Å². The highest BCUT2D eigenvalue weighted by Gasteiger charge is 2.13. The van der Waals surface area contributed by atoms with Crippen LogP contribution < -0.4 is 5.56 Å². The first-order chi connectivity index (χ1) is 7.00. The van der Waals surface area contributed by atoms with Crippen LogP contribution in [-0.2, 0) is 12.8 Å². The van der Waals surface area contributed by atoms with E-state index in [0.29, 0.717) is 5.56 Å². The molecular weight excluding hydrogens is 243 g/mol. The van der Waals surface area contributed by atoms with Gasteiger partial charge in [-0.2, -0.15) is 5.10 Å². The van der Waals surface area contributed by atoms with Gasteiger partial charge in [0, 0.05) is 18.4 Å². The van der Waals surface area contributed by atoms with Gasteiger partial charge in [-0.25, -0.2) is 5.10 Å². The number of aliphatic hydroxyl groups excluding tert-OH is 2. The number of aromatic nitrogens is 2. The van der Waals surface area contributed by atoms with Crippen molar-refractivity contribution in [2.24, 2.45) is 0 Å². The molecule has 1 rings (SSSR count). The Morgan fingerprint density at radius 1 is 1.33 bits per heavy atom. The monoisotopic (exact) mass is 252 g/mol. The second-order valence-electron chi connectivity index (χ2n) is 2.98. The molecule has 1 aromatic heterocycles. The number of aromatic amines is 1. The molecule has 0 spiro atoms. The molecule has 0 aliphatic heterocycles. The van der Waals surface area contributed by atoms with Gasteiger partial charge in [0.15, 0.2) is 0 Å².